The van der Waals surface area contributed by atoms with Crippen LogP contribution in [0.25, 0.3) is 11.7 Å². The summed E-state index contributed by atoms with van der Waals surface area (Å²) >= 11 is 3.20. The monoisotopic (exact) mass is 480 g/mol. The van der Waals surface area contributed by atoms with E-state index in [0.29, 0.717) is 16.0 Å². The molecule has 0 aliphatic heterocycles. The van der Waals surface area contributed by atoms with E-state index in [4.69, 9.17) is 13.6 Å². The summed E-state index contributed by atoms with van der Waals surface area (Å²) in [7, 11) is 0. The summed E-state index contributed by atoms with van der Waals surface area (Å²) in [5, 5.41) is 7.73. The van der Waals surface area contributed by atoms with Crippen molar-refractivity contribution in [1.82, 2.24) is 10.2 Å². The van der Waals surface area contributed by atoms with E-state index in [9.17, 15) is 9.59 Å². The summed E-state index contributed by atoms with van der Waals surface area (Å²) in [5.41, 5.74) is 3.03. The van der Waals surface area contributed by atoms with E-state index in [2.05, 4.69) is 26.1 Å². The number of furan rings is 1. The van der Waals surface area contributed by atoms with Gasteiger partial charge < -0.3 is 13.6 Å². The lowest BCUT2D eigenvalue weighted by Crippen LogP contribution is -2.13. The van der Waals surface area contributed by atoms with Gasteiger partial charge in [0, 0.05) is 11.1 Å². The molecule has 0 aliphatic rings. The Labute approximate surface area is 186 Å². The van der Waals surface area contributed by atoms with Crippen molar-refractivity contribution in [2.24, 2.45) is 0 Å². The van der Waals surface area contributed by atoms with Gasteiger partial charge in [0.15, 0.2) is 22.8 Å². The van der Waals surface area contributed by atoms with Crippen molar-refractivity contribution in [2.75, 3.05) is 0 Å². The molecule has 0 radical (unpaired) electrons. The second-order valence-electron chi connectivity index (χ2n) is 6.85. The molecule has 2 aromatic carbocycles. The van der Waals surface area contributed by atoms with Gasteiger partial charge in [0.2, 0.25) is 0 Å². The number of rotatable bonds is 6. The van der Waals surface area contributed by atoms with Crippen molar-refractivity contribution < 1.29 is 23.2 Å². The number of aromatic nitrogens is 2. The van der Waals surface area contributed by atoms with Crippen LogP contribution in [0, 0.1) is 13.8 Å². The van der Waals surface area contributed by atoms with Crippen molar-refractivity contribution >= 4 is 27.7 Å². The molecule has 0 bridgehead atoms. The molecule has 4 rings (SSSR count). The van der Waals surface area contributed by atoms with Gasteiger partial charge in [-0.3, -0.25) is 4.79 Å². The topological polar surface area (TPSA) is 95.4 Å². The fourth-order valence-electron chi connectivity index (χ4n) is 2.94. The van der Waals surface area contributed by atoms with Crippen molar-refractivity contribution in [1.29, 1.82) is 0 Å². The summed E-state index contributed by atoms with van der Waals surface area (Å²) in [6.45, 7) is 3.68. The number of carbonyl (C=O) groups excluding carboxylic acids is 2. The number of esters is 1. The van der Waals surface area contributed by atoms with Gasteiger partial charge in [-0.15, -0.1) is 10.2 Å². The van der Waals surface area contributed by atoms with Crippen LogP contribution < -0.4 is 0 Å². The lowest BCUT2D eigenvalue weighted by Gasteiger charge is -2.09. The Bertz CT molecular complexity index is 1270. The number of aryl methyl sites for hydroxylation is 2. The number of nitrogens with zero attached hydrogens (tertiary/aromatic N) is 2. The van der Waals surface area contributed by atoms with Crippen molar-refractivity contribution in [2.45, 2.75) is 20.5 Å². The van der Waals surface area contributed by atoms with Crippen LogP contribution in [0.4, 0.5) is 0 Å². The summed E-state index contributed by atoms with van der Waals surface area (Å²) in [5.74, 6) is -0.246. The van der Waals surface area contributed by atoms with Crippen LogP contribution >= 0.6 is 15.9 Å². The number of halogens is 1. The first-order valence-electron chi connectivity index (χ1n) is 9.38. The maximum absolute atomic E-state index is 13.0. The molecular formula is C23H17BrN2O5. The third-order valence-corrected chi connectivity index (χ3v) is 5.16. The summed E-state index contributed by atoms with van der Waals surface area (Å²) in [6, 6.07) is 15.3. The number of hydrogen-bond acceptors (Lipinski definition) is 7. The largest absolute Gasteiger partial charge is 0.452 e. The van der Waals surface area contributed by atoms with Crippen LogP contribution in [0.5, 0.6) is 0 Å². The Morgan fingerprint density at radius 1 is 0.935 bits per heavy atom. The number of benzene rings is 2. The van der Waals surface area contributed by atoms with Crippen LogP contribution in [0.15, 0.2) is 68.1 Å². The van der Waals surface area contributed by atoms with E-state index in [1.807, 2.05) is 26.0 Å². The molecule has 2 heterocycles. The summed E-state index contributed by atoms with van der Waals surface area (Å²) < 4.78 is 16.6. The number of ketones is 1. The quantitative estimate of drug-likeness (QED) is 0.273. The van der Waals surface area contributed by atoms with Gasteiger partial charge in [-0.2, -0.15) is 0 Å². The maximum Gasteiger partial charge on any atom is 0.339 e. The third-order valence-electron chi connectivity index (χ3n) is 4.74. The summed E-state index contributed by atoms with van der Waals surface area (Å²) in [6.07, 6.45) is 0. The Morgan fingerprint density at radius 2 is 1.71 bits per heavy atom. The molecule has 8 heteroatoms. The zero-order valence-corrected chi connectivity index (χ0v) is 18.3. The predicted octanol–water partition coefficient (Wildman–Crippen LogP) is 5.30. The molecule has 0 aliphatic carbocycles. The molecule has 0 amide bonds. The Kier molecular flexibility index (Phi) is 5.81. The fourth-order valence-corrected chi connectivity index (χ4v) is 3.25. The highest BCUT2D eigenvalue weighted by Gasteiger charge is 2.20. The van der Waals surface area contributed by atoms with E-state index in [1.54, 1.807) is 42.5 Å². The van der Waals surface area contributed by atoms with Gasteiger partial charge in [0.25, 0.3) is 11.8 Å². The first-order valence-corrected chi connectivity index (χ1v) is 10.2. The average Bonchev–Trinajstić information content (AvgIpc) is 3.42. The van der Waals surface area contributed by atoms with Crippen molar-refractivity contribution in [3.8, 4) is 11.7 Å². The Hall–Kier alpha value is -3.52. The van der Waals surface area contributed by atoms with Crippen molar-refractivity contribution in [3.63, 3.8) is 0 Å². The van der Waals surface area contributed by atoms with E-state index < -0.39 is 5.97 Å². The molecule has 156 valence electrons. The molecular weight excluding hydrogens is 464 g/mol. The lowest BCUT2D eigenvalue weighted by atomic mass is 9.96. The van der Waals surface area contributed by atoms with Crippen LogP contribution in [0.3, 0.4) is 0 Å². The minimum Gasteiger partial charge on any atom is -0.452 e. The first-order chi connectivity index (χ1) is 14.9. The SMILES string of the molecule is Cc1ccc(C(=O)c2ccccc2C(=O)OCc2nnc(-c3ccc(Br)o3)o2)cc1C. The molecule has 0 saturated carbocycles. The van der Waals surface area contributed by atoms with E-state index in [0.717, 1.165) is 11.1 Å². The number of ether oxygens (including phenoxy) is 1. The zero-order chi connectivity index (χ0) is 22.0. The van der Waals surface area contributed by atoms with Gasteiger partial charge in [-0.25, -0.2) is 4.79 Å². The number of carbonyl (C=O) groups is 2. The Balaban J connectivity index is 1.50. The average molecular weight is 481 g/mol. The van der Waals surface area contributed by atoms with Gasteiger partial charge in [-0.1, -0.05) is 30.3 Å². The van der Waals surface area contributed by atoms with E-state index >= 15 is 0 Å². The van der Waals surface area contributed by atoms with Crippen LogP contribution in [-0.2, 0) is 11.3 Å². The molecule has 31 heavy (non-hydrogen) atoms. The van der Waals surface area contributed by atoms with Gasteiger partial charge in [-0.05, 0) is 65.2 Å². The van der Waals surface area contributed by atoms with Crippen LogP contribution in [0.1, 0.15) is 43.3 Å². The second-order valence-corrected chi connectivity index (χ2v) is 7.64. The van der Waals surface area contributed by atoms with Crippen LogP contribution in [-0.4, -0.2) is 21.9 Å². The lowest BCUT2D eigenvalue weighted by molar-refractivity contribution is 0.0436. The minimum absolute atomic E-state index is 0.105. The van der Waals surface area contributed by atoms with Crippen molar-refractivity contribution in [3.05, 3.63) is 93.0 Å². The third kappa shape index (κ3) is 4.49. The highest BCUT2D eigenvalue weighted by Crippen LogP contribution is 2.24. The Morgan fingerprint density at radius 3 is 2.42 bits per heavy atom. The molecule has 0 saturated heterocycles. The molecule has 2 aromatic heterocycles. The highest BCUT2D eigenvalue weighted by molar-refractivity contribution is 9.10. The zero-order valence-electron chi connectivity index (χ0n) is 16.7. The maximum atomic E-state index is 13.0. The van der Waals surface area contributed by atoms with E-state index in [1.165, 1.54) is 0 Å². The van der Waals surface area contributed by atoms with Gasteiger partial charge >= 0.3 is 5.97 Å². The molecule has 0 atom stereocenters. The van der Waals surface area contributed by atoms with Gasteiger partial charge in [0.1, 0.15) is 0 Å². The standard InChI is InChI=1S/C23H17BrN2O5/c1-13-7-8-15(11-14(13)2)21(27)16-5-3-4-6-17(16)23(28)29-12-20-25-26-22(31-20)18-9-10-19(24)30-18/h3-11H,12H2,1-2H3. The molecule has 0 fully saturated rings. The smallest absolute Gasteiger partial charge is 0.339 e. The first kappa shape index (κ1) is 20.7. The molecule has 7 nitrogen and oxygen atoms in total. The molecule has 0 spiro atoms. The van der Waals surface area contributed by atoms with E-state index in [-0.39, 0.29) is 35.3 Å². The van der Waals surface area contributed by atoms with Crippen LogP contribution in [0.2, 0.25) is 0 Å². The highest BCUT2D eigenvalue weighted by atomic mass is 79.9. The van der Waals surface area contributed by atoms with Gasteiger partial charge in [0.05, 0.1) is 5.56 Å². The second kappa shape index (κ2) is 8.69. The summed E-state index contributed by atoms with van der Waals surface area (Å²) in [4.78, 5) is 25.7. The molecule has 4 aromatic rings. The molecule has 0 N–H and O–H groups in total. The number of hydrogen-bond donors (Lipinski definition) is 0. The normalized spacial score (nSPS) is 10.8. The predicted molar refractivity (Wildman–Crippen MR) is 115 cm³/mol. The molecule has 0 unspecified atom stereocenters. The fraction of sp³-hybridized carbons (Fsp3) is 0.130. The minimum atomic E-state index is -0.659.